The van der Waals surface area contributed by atoms with E-state index in [-0.39, 0.29) is 16.6 Å². The van der Waals surface area contributed by atoms with E-state index in [0.717, 1.165) is 11.0 Å². The molecule has 1 N–H and O–H groups in total. The highest BCUT2D eigenvalue weighted by molar-refractivity contribution is 6.33. The van der Waals surface area contributed by atoms with Gasteiger partial charge in [0.2, 0.25) is 0 Å². The van der Waals surface area contributed by atoms with Crippen LogP contribution in [0.5, 0.6) is 0 Å². The maximum Gasteiger partial charge on any atom is 0.270 e. The quantitative estimate of drug-likeness (QED) is 0.251. The summed E-state index contributed by atoms with van der Waals surface area (Å²) in [4.78, 5) is 33.4. The van der Waals surface area contributed by atoms with Crippen molar-refractivity contribution in [1.82, 2.24) is 14.9 Å². The maximum atomic E-state index is 13.4. The van der Waals surface area contributed by atoms with Gasteiger partial charge in [0.1, 0.15) is 17.3 Å². The minimum Gasteiger partial charge on any atom is -0.457 e. The lowest BCUT2D eigenvalue weighted by molar-refractivity contribution is -0.384. The van der Waals surface area contributed by atoms with E-state index in [0.29, 0.717) is 54.8 Å². The number of aromatic nitrogens is 2. The van der Waals surface area contributed by atoms with Gasteiger partial charge in [-0.25, -0.2) is 4.98 Å². The molecule has 9 nitrogen and oxygen atoms in total. The Labute approximate surface area is 198 Å². The molecule has 34 heavy (non-hydrogen) atoms. The van der Waals surface area contributed by atoms with E-state index in [9.17, 15) is 14.9 Å². The molecule has 0 unspecified atom stereocenters. The first-order chi connectivity index (χ1) is 16.5. The summed E-state index contributed by atoms with van der Waals surface area (Å²) in [5.41, 5.74) is 2.32. The third-order valence-corrected chi connectivity index (χ3v) is 5.83. The summed E-state index contributed by atoms with van der Waals surface area (Å²) in [5.74, 6) is 1.09. The molecule has 2 aromatic carbocycles. The fraction of sp³-hybridized carbons (Fsp3) is 0.167. The molecule has 0 aliphatic carbocycles. The van der Waals surface area contributed by atoms with Crippen molar-refractivity contribution in [3.05, 3.63) is 81.3 Å². The van der Waals surface area contributed by atoms with Gasteiger partial charge in [-0.05, 0) is 36.4 Å². The van der Waals surface area contributed by atoms with E-state index in [4.69, 9.17) is 20.8 Å². The third kappa shape index (κ3) is 4.30. The molecule has 0 spiro atoms. The van der Waals surface area contributed by atoms with Crippen molar-refractivity contribution in [3.8, 4) is 11.3 Å². The van der Waals surface area contributed by atoms with Crippen LogP contribution >= 0.6 is 11.6 Å². The first-order valence-corrected chi connectivity index (χ1v) is 11.0. The number of morpholine rings is 1. The number of para-hydroxylation sites is 2. The number of H-pyrrole nitrogens is 1. The summed E-state index contributed by atoms with van der Waals surface area (Å²) < 4.78 is 11.3. The standard InChI is InChI=1S/C24H19ClN4O5/c25-19-13-15(29(31)32)5-7-17(19)22-8-6-16(34-22)14-18(24(30)28-9-11-33-12-10-28)23-26-20-3-1-2-4-21(20)27-23/h1-8,13-14H,9-12H2,(H,26,27). The van der Waals surface area contributed by atoms with Crippen LogP contribution in [-0.2, 0) is 9.53 Å². The Hall–Kier alpha value is -3.95. The number of fused-ring (bicyclic) bond motifs is 1. The van der Waals surface area contributed by atoms with Crippen molar-refractivity contribution in [1.29, 1.82) is 0 Å². The van der Waals surface area contributed by atoms with Crippen molar-refractivity contribution in [3.63, 3.8) is 0 Å². The second kappa shape index (κ2) is 9.12. The number of aromatic amines is 1. The fourth-order valence-corrected chi connectivity index (χ4v) is 4.05. The number of nitrogens with zero attached hydrogens (tertiary/aromatic N) is 3. The summed E-state index contributed by atoms with van der Waals surface area (Å²) in [6.07, 6.45) is 1.64. The van der Waals surface area contributed by atoms with Crippen LogP contribution in [-0.4, -0.2) is 52.0 Å². The lowest BCUT2D eigenvalue weighted by Crippen LogP contribution is -2.41. The number of nitro benzene ring substituents is 1. The molecule has 5 rings (SSSR count). The van der Waals surface area contributed by atoms with Gasteiger partial charge in [0.15, 0.2) is 0 Å². The van der Waals surface area contributed by atoms with Crippen molar-refractivity contribution < 1.29 is 18.9 Å². The number of carbonyl (C=O) groups is 1. The van der Waals surface area contributed by atoms with Gasteiger partial charge >= 0.3 is 0 Å². The minimum absolute atomic E-state index is 0.108. The first-order valence-electron chi connectivity index (χ1n) is 10.6. The number of hydrogen-bond donors (Lipinski definition) is 1. The lowest BCUT2D eigenvalue weighted by Gasteiger charge is -2.27. The molecular weight excluding hydrogens is 460 g/mol. The van der Waals surface area contributed by atoms with E-state index in [2.05, 4.69) is 9.97 Å². The average molecular weight is 479 g/mol. The van der Waals surface area contributed by atoms with E-state index in [1.807, 2.05) is 24.3 Å². The van der Waals surface area contributed by atoms with Gasteiger partial charge in [-0.2, -0.15) is 0 Å². The number of furan rings is 1. The Morgan fingerprint density at radius 2 is 1.94 bits per heavy atom. The molecule has 1 aliphatic rings. The summed E-state index contributed by atoms with van der Waals surface area (Å²) >= 11 is 6.25. The van der Waals surface area contributed by atoms with Crippen LogP contribution in [0.4, 0.5) is 5.69 Å². The largest absolute Gasteiger partial charge is 0.457 e. The number of non-ortho nitro benzene ring substituents is 1. The summed E-state index contributed by atoms with van der Waals surface area (Å²) in [6.45, 7) is 1.92. The molecule has 2 aromatic heterocycles. The van der Waals surface area contributed by atoms with Crippen LogP contribution in [0.15, 0.2) is 59.0 Å². The van der Waals surface area contributed by atoms with Crippen LogP contribution < -0.4 is 0 Å². The monoisotopic (exact) mass is 478 g/mol. The second-order valence-corrected chi connectivity index (χ2v) is 8.10. The topological polar surface area (TPSA) is 114 Å². The smallest absolute Gasteiger partial charge is 0.270 e. The second-order valence-electron chi connectivity index (χ2n) is 7.69. The fourth-order valence-electron chi connectivity index (χ4n) is 3.78. The van der Waals surface area contributed by atoms with Crippen LogP contribution in [0.3, 0.4) is 0 Å². The molecule has 0 saturated carbocycles. The highest BCUT2D eigenvalue weighted by atomic mass is 35.5. The molecule has 1 amide bonds. The van der Waals surface area contributed by atoms with Gasteiger partial charge < -0.3 is 19.0 Å². The summed E-state index contributed by atoms with van der Waals surface area (Å²) in [5, 5.41) is 11.2. The number of rotatable bonds is 5. The number of benzene rings is 2. The Morgan fingerprint density at radius 1 is 1.15 bits per heavy atom. The zero-order chi connectivity index (χ0) is 23.7. The first kappa shape index (κ1) is 21.9. The van der Waals surface area contributed by atoms with Crippen molar-refractivity contribution >= 4 is 45.9 Å². The van der Waals surface area contributed by atoms with Gasteiger partial charge in [0.25, 0.3) is 11.6 Å². The number of imidazole rings is 1. The molecular formula is C24H19ClN4O5. The lowest BCUT2D eigenvalue weighted by atomic mass is 10.1. The number of ether oxygens (including phenoxy) is 1. The van der Waals surface area contributed by atoms with Crippen LogP contribution in [0.1, 0.15) is 11.6 Å². The van der Waals surface area contributed by atoms with E-state index in [1.54, 1.807) is 23.1 Å². The SMILES string of the molecule is O=C(C(=Cc1ccc(-c2ccc([N+](=O)[O-])cc2Cl)o1)c1nc2ccccc2[nH]1)N1CCOCC1. The van der Waals surface area contributed by atoms with E-state index >= 15 is 0 Å². The molecule has 0 atom stereocenters. The van der Waals surface area contributed by atoms with Gasteiger partial charge in [0, 0.05) is 30.8 Å². The zero-order valence-electron chi connectivity index (χ0n) is 17.9. The zero-order valence-corrected chi connectivity index (χ0v) is 18.6. The Kier molecular flexibility index (Phi) is 5.87. The van der Waals surface area contributed by atoms with Gasteiger partial charge in [0.05, 0.1) is 39.8 Å². The predicted octanol–water partition coefficient (Wildman–Crippen LogP) is 4.78. The van der Waals surface area contributed by atoms with Crippen molar-refractivity contribution in [2.75, 3.05) is 26.3 Å². The molecule has 3 heterocycles. The van der Waals surface area contributed by atoms with E-state index in [1.165, 1.54) is 18.2 Å². The highest BCUT2D eigenvalue weighted by Crippen LogP contribution is 2.33. The van der Waals surface area contributed by atoms with Crippen molar-refractivity contribution in [2.24, 2.45) is 0 Å². The van der Waals surface area contributed by atoms with Crippen LogP contribution in [0, 0.1) is 10.1 Å². The van der Waals surface area contributed by atoms with Gasteiger partial charge in [-0.1, -0.05) is 23.7 Å². The molecule has 0 radical (unpaired) electrons. The molecule has 1 aliphatic heterocycles. The number of halogens is 1. The van der Waals surface area contributed by atoms with Crippen molar-refractivity contribution in [2.45, 2.75) is 0 Å². The molecule has 1 fully saturated rings. The third-order valence-electron chi connectivity index (χ3n) is 5.52. The van der Waals surface area contributed by atoms with Crippen LogP contribution in [0.25, 0.3) is 34.0 Å². The molecule has 10 heteroatoms. The number of nitrogens with one attached hydrogen (secondary N) is 1. The van der Waals surface area contributed by atoms with Gasteiger partial charge in [-0.3, -0.25) is 14.9 Å². The number of nitro groups is 1. The number of hydrogen-bond acceptors (Lipinski definition) is 6. The molecule has 172 valence electrons. The molecule has 0 bridgehead atoms. The highest BCUT2D eigenvalue weighted by Gasteiger charge is 2.25. The Bertz CT molecular complexity index is 1380. The molecule has 1 saturated heterocycles. The predicted molar refractivity (Wildman–Crippen MR) is 127 cm³/mol. The molecule has 4 aromatic rings. The normalized spacial score (nSPS) is 14.5. The van der Waals surface area contributed by atoms with Gasteiger partial charge in [-0.15, -0.1) is 0 Å². The maximum absolute atomic E-state index is 13.4. The number of amides is 1. The summed E-state index contributed by atoms with van der Waals surface area (Å²) in [7, 11) is 0. The number of carbonyl (C=O) groups excluding carboxylic acids is 1. The Balaban J connectivity index is 1.53. The minimum atomic E-state index is -0.511. The Morgan fingerprint density at radius 3 is 2.68 bits per heavy atom. The van der Waals surface area contributed by atoms with E-state index < -0.39 is 4.92 Å². The van der Waals surface area contributed by atoms with Crippen LogP contribution in [0.2, 0.25) is 5.02 Å². The summed E-state index contributed by atoms with van der Waals surface area (Å²) in [6, 6.07) is 15.1. The average Bonchev–Trinajstić information content (AvgIpc) is 3.49.